The van der Waals surface area contributed by atoms with Crippen molar-refractivity contribution in [1.29, 1.82) is 0 Å². The van der Waals surface area contributed by atoms with Gasteiger partial charge in [-0.05, 0) is 30.7 Å². The van der Waals surface area contributed by atoms with Gasteiger partial charge in [-0.2, -0.15) is 0 Å². The number of nitro benzene ring substituents is 1. The number of rotatable bonds is 7. The third-order valence-electron chi connectivity index (χ3n) is 5.19. The van der Waals surface area contributed by atoms with Crippen LogP contribution in [0.15, 0.2) is 41.2 Å². The van der Waals surface area contributed by atoms with E-state index in [1.54, 1.807) is 32.2 Å². The fourth-order valence-corrected chi connectivity index (χ4v) is 4.63. The van der Waals surface area contributed by atoms with Crippen molar-refractivity contribution in [2.75, 3.05) is 20.5 Å². The molecule has 10 nitrogen and oxygen atoms in total. The summed E-state index contributed by atoms with van der Waals surface area (Å²) < 4.78 is 23.2. The number of non-ortho nitro benzene ring substituents is 1. The zero-order valence-electron chi connectivity index (χ0n) is 19.0. The largest absolute Gasteiger partial charge is 0.497 e. The highest BCUT2D eigenvalue weighted by atomic mass is 32.1. The quantitative estimate of drug-likeness (QED) is 0.275. The number of esters is 1. The summed E-state index contributed by atoms with van der Waals surface area (Å²) in [7, 11) is 1.57. The molecule has 0 unspecified atom stereocenters. The van der Waals surface area contributed by atoms with Crippen LogP contribution in [-0.2, 0) is 27.4 Å². The second-order valence-corrected chi connectivity index (χ2v) is 8.53. The van der Waals surface area contributed by atoms with Gasteiger partial charge in [-0.3, -0.25) is 19.5 Å². The lowest BCUT2D eigenvalue weighted by molar-refractivity contribution is -0.385. The fourth-order valence-electron chi connectivity index (χ4n) is 3.60. The van der Waals surface area contributed by atoms with E-state index < -0.39 is 10.9 Å². The van der Waals surface area contributed by atoms with Crippen molar-refractivity contribution in [3.8, 4) is 11.5 Å². The number of carbonyl (C=O) groups excluding carboxylic acids is 1. The average Bonchev–Trinajstić information content (AvgIpc) is 3.13. The summed E-state index contributed by atoms with van der Waals surface area (Å²) in [6, 6.07) is 9.93. The molecule has 182 valence electrons. The summed E-state index contributed by atoms with van der Waals surface area (Å²) in [4.78, 5) is 36.6. The number of thiazole rings is 1. The van der Waals surface area contributed by atoms with Gasteiger partial charge in [-0.1, -0.05) is 12.1 Å². The standard InChI is InChI=1S/C24H22N2O8S/c1-3-33-22(27)11-21-25(24(28)20(35-21)8-15-4-6-19(31-2)7-5-15)12-16-9-18(26(29)30)10-17-13-32-14-34-23(16)17/h4-11H,3,12-14H2,1-2H3/b20-8+,21-11-. The Morgan fingerprint density at radius 1 is 1.29 bits per heavy atom. The Kier molecular flexibility index (Phi) is 7.28. The van der Waals surface area contributed by atoms with Crippen molar-refractivity contribution in [3.05, 3.63) is 82.8 Å². The van der Waals surface area contributed by atoms with Crippen LogP contribution >= 0.6 is 11.3 Å². The summed E-state index contributed by atoms with van der Waals surface area (Å²) in [6.45, 7) is 1.98. The second-order valence-electron chi connectivity index (χ2n) is 7.47. The van der Waals surface area contributed by atoms with Crippen molar-refractivity contribution < 1.29 is 28.7 Å². The Balaban J connectivity index is 1.86. The number of hydrogen-bond donors (Lipinski definition) is 0. The van der Waals surface area contributed by atoms with E-state index in [1.165, 1.54) is 22.8 Å². The first-order valence-corrected chi connectivity index (χ1v) is 11.5. The lowest BCUT2D eigenvalue weighted by Gasteiger charge is -2.20. The Bertz CT molecular complexity index is 1440. The van der Waals surface area contributed by atoms with E-state index in [2.05, 4.69) is 0 Å². The number of aromatic nitrogens is 1. The minimum Gasteiger partial charge on any atom is -0.497 e. The molecule has 4 rings (SSSR count). The fraction of sp³-hybridized carbons (Fsp3) is 0.250. The van der Waals surface area contributed by atoms with Crippen molar-refractivity contribution in [1.82, 2.24) is 4.57 Å². The van der Waals surface area contributed by atoms with Gasteiger partial charge in [0.05, 0.1) is 42.4 Å². The molecule has 1 aliphatic heterocycles. The molecule has 2 aromatic carbocycles. The summed E-state index contributed by atoms with van der Waals surface area (Å²) >= 11 is 1.12. The maximum Gasteiger partial charge on any atom is 0.333 e. The predicted octanol–water partition coefficient (Wildman–Crippen LogP) is 1.91. The number of benzene rings is 2. The first-order valence-electron chi connectivity index (χ1n) is 10.6. The normalized spacial score (nSPS) is 13.8. The smallest absolute Gasteiger partial charge is 0.333 e. The molecule has 0 bridgehead atoms. The van der Waals surface area contributed by atoms with Crippen LogP contribution in [0, 0.1) is 10.1 Å². The molecule has 0 atom stereocenters. The number of ether oxygens (including phenoxy) is 4. The van der Waals surface area contributed by atoms with Gasteiger partial charge in [0.15, 0.2) is 6.79 Å². The van der Waals surface area contributed by atoms with Gasteiger partial charge in [-0.25, -0.2) is 4.79 Å². The summed E-state index contributed by atoms with van der Waals surface area (Å²) in [5, 5.41) is 11.5. The molecular formula is C24H22N2O8S. The van der Waals surface area contributed by atoms with Crippen LogP contribution in [-0.4, -0.2) is 36.0 Å². The van der Waals surface area contributed by atoms with Gasteiger partial charge in [-0.15, -0.1) is 11.3 Å². The summed E-state index contributed by atoms with van der Waals surface area (Å²) in [6.07, 6.45) is 2.95. The zero-order chi connectivity index (χ0) is 24.9. The van der Waals surface area contributed by atoms with Crippen molar-refractivity contribution in [2.45, 2.75) is 20.1 Å². The van der Waals surface area contributed by atoms with Crippen LogP contribution in [0.1, 0.15) is 23.6 Å². The number of hydrogen-bond acceptors (Lipinski definition) is 9. The number of nitro groups is 1. The van der Waals surface area contributed by atoms with Crippen molar-refractivity contribution in [2.24, 2.45) is 0 Å². The van der Waals surface area contributed by atoms with Gasteiger partial charge < -0.3 is 18.9 Å². The molecule has 11 heteroatoms. The predicted molar refractivity (Wildman–Crippen MR) is 128 cm³/mol. The molecule has 0 spiro atoms. The van der Waals surface area contributed by atoms with E-state index in [4.69, 9.17) is 18.9 Å². The third-order valence-corrected chi connectivity index (χ3v) is 6.25. The van der Waals surface area contributed by atoms with Crippen LogP contribution in [0.5, 0.6) is 11.5 Å². The minimum atomic E-state index is -0.593. The van der Waals surface area contributed by atoms with E-state index in [9.17, 15) is 19.7 Å². The SMILES string of the molecule is CCOC(=O)/C=c1\s/c(=C/c2ccc(OC)cc2)c(=O)n1Cc1cc([N+](=O)[O-])cc2c1OCOC2. The monoisotopic (exact) mass is 498 g/mol. The maximum absolute atomic E-state index is 13.4. The van der Waals surface area contributed by atoms with E-state index in [0.717, 1.165) is 16.9 Å². The Morgan fingerprint density at radius 2 is 2.06 bits per heavy atom. The molecule has 35 heavy (non-hydrogen) atoms. The topological polar surface area (TPSA) is 119 Å². The summed E-state index contributed by atoms with van der Waals surface area (Å²) in [5.41, 5.74) is 1.23. The van der Waals surface area contributed by atoms with Crippen LogP contribution < -0.4 is 24.2 Å². The molecule has 0 radical (unpaired) electrons. The molecular weight excluding hydrogens is 476 g/mol. The Morgan fingerprint density at radius 3 is 2.74 bits per heavy atom. The molecule has 0 amide bonds. The lowest BCUT2D eigenvalue weighted by atomic mass is 10.1. The molecule has 0 saturated carbocycles. The first kappa shape index (κ1) is 24.2. The number of methoxy groups -OCH3 is 1. The number of nitrogens with zero attached hydrogens (tertiary/aromatic N) is 2. The summed E-state index contributed by atoms with van der Waals surface area (Å²) in [5.74, 6) is 0.522. The molecule has 0 aliphatic carbocycles. The number of fused-ring (bicyclic) bond motifs is 1. The van der Waals surface area contributed by atoms with Gasteiger partial charge >= 0.3 is 5.97 Å². The molecule has 0 fully saturated rings. The highest BCUT2D eigenvalue weighted by Crippen LogP contribution is 2.32. The van der Waals surface area contributed by atoms with E-state index in [0.29, 0.717) is 31.8 Å². The Labute approximate surface area is 203 Å². The van der Waals surface area contributed by atoms with Crippen LogP contribution in [0.3, 0.4) is 0 Å². The highest BCUT2D eigenvalue weighted by Gasteiger charge is 2.22. The molecule has 0 saturated heterocycles. The van der Waals surface area contributed by atoms with Crippen LogP contribution in [0.2, 0.25) is 0 Å². The van der Waals surface area contributed by atoms with E-state index >= 15 is 0 Å². The molecule has 1 aliphatic rings. The average molecular weight is 499 g/mol. The van der Waals surface area contributed by atoms with Crippen LogP contribution in [0.4, 0.5) is 5.69 Å². The number of carbonyl (C=O) groups is 1. The van der Waals surface area contributed by atoms with Gasteiger partial charge in [0.2, 0.25) is 0 Å². The zero-order valence-corrected chi connectivity index (χ0v) is 19.8. The highest BCUT2D eigenvalue weighted by molar-refractivity contribution is 7.07. The lowest BCUT2D eigenvalue weighted by Crippen LogP contribution is -2.32. The van der Waals surface area contributed by atoms with Gasteiger partial charge in [0.1, 0.15) is 16.2 Å². The Hall–Kier alpha value is -3.96. The molecule has 2 heterocycles. The van der Waals surface area contributed by atoms with Crippen LogP contribution in [0.25, 0.3) is 12.2 Å². The van der Waals surface area contributed by atoms with Crippen molar-refractivity contribution >= 4 is 35.1 Å². The van der Waals surface area contributed by atoms with E-state index in [1.807, 2.05) is 12.1 Å². The maximum atomic E-state index is 13.4. The van der Waals surface area contributed by atoms with Gasteiger partial charge in [0, 0.05) is 23.3 Å². The molecule has 1 aromatic heterocycles. The second kappa shape index (κ2) is 10.5. The molecule has 3 aromatic rings. The third kappa shape index (κ3) is 5.42. The first-order chi connectivity index (χ1) is 16.9. The molecule has 0 N–H and O–H groups in total. The minimum absolute atomic E-state index is 0.00531. The van der Waals surface area contributed by atoms with Gasteiger partial charge in [0.25, 0.3) is 11.2 Å². The van der Waals surface area contributed by atoms with Crippen molar-refractivity contribution in [3.63, 3.8) is 0 Å². The van der Waals surface area contributed by atoms with E-state index in [-0.39, 0.29) is 37.8 Å².